The van der Waals surface area contributed by atoms with Gasteiger partial charge in [0.15, 0.2) is 0 Å². The highest BCUT2D eigenvalue weighted by Gasteiger charge is 2.27. The van der Waals surface area contributed by atoms with Crippen molar-refractivity contribution in [3.8, 4) is 0 Å². The number of hydrogen-bond donors (Lipinski definition) is 1. The second-order valence-electron chi connectivity index (χ2n) is 2.50. The Balaban J connectivity index is 4.11. The Bertz CT molecular complexity index is 163. The summed E-state index contributed by atoms with van der Waals surface area (Å²) in [4.78, 5) is 9.85. The smallest absolute Gasteiger partial charge is 0.214 e. The minimum Gasteiger partial charge on any atom is -0.312 e. The van der Waals surface area contributed by atoms with Gasteiger partial charge in [-0.1, -0.05) is 6.92 Å². The van der Waals surface area contributed by atoms with E-state index in [9.17, 15) is 10.1 Å². The summed E-state index contributed by atoms with van der Waals surface area (Å²) >= 11 is 5.61. The van der Waals surface area contributed by atoms with Crippen LogP contribution in [0.15, 0.2) is 0 Å². The fourth-order valence-corrected chi connectivity index (χ4v) is 0.820. The monoisotopic (exact) mass is 178 g/mol. The van der Waals surface area contributed by atoms with Gasteiger partial charge in [-0.25, -0.2) is 0 Å². The standard InChI is InChI=1S/C6H11ClN2O2/c1-4(6(7)3-8)5(2)9(10)11/h3-6,8H,1-2H3. The van der Waals surface area contributed by atoms with Crippen LogP contribution in [0.25, 0.3) is 0 Å². The molecule has 0 aromatic rings. The van der Waals surface area contributed by atoms with Crippen LogP contribution in [0, 0.1) is 21.4 Å². The first-order valence-corrected chi connectivity index (χ1v) is 3.72. The van der Waals surface area contributed by atoms with Gasteiger partial charge in [0.1, 0.15) is 0 Å². The minimum absolute atomic E-state index is 0.302. The number of nitrogens with one attached hydrogen (secondary N) is 1. The molecular weight excluding hydrogens is 168 g/mol. The van der Waals surface area contributed by atoms with E-state index in [0.717, 1.165) is 6.21 Å². The van der Waals surface area contributed by atoms with E-state index in [1.807, 2.05) is 0 Å². The minimum atomic E-state index is -0.695. The van der Waals surface area contributed by atoms with Crippen molar-refractivity contribution < 1.29 is 4.92 Å². The highest BCUT2D eigenvalue weighted by molar-refractivity contribution is 6.28. The fraction of sp³-hybridized carbons (Fsp3) is 0.833. The molecule has 0 radical (unpaired) electrons. The molecule has 0 spiro atoms. The van der Waals surface area contributed by atoms with Gasteiger partial charge in [-0.15, -0.1) is 11.6 Å². The van der Waals surface area contributed by atoms with E-state index in [2.05, 4.69) is 0 Å². The summed E-state index contributed by atoms with van der Waals surface area (Å²) in [5.41, 5.74) is 0. The van der Waals surface area contributed by atoms with Crippen molar-refractivity contribution in [1.29, 1.82) is 5.41 Å². The Hall–Kier alpha value is -0.640. The predicted molar refractivity (Wildman–Crippen MR) is 44.0 cm³/mol. The largest absolute Gasteiger partial charge is 0.312 e. The summed E-state index contributed by atoms with van der Waals surface area (Å²) in [5.74, 6) is -0.302. The fourth-order valence-electron chi connectivity index (χ4n) is 0.610. The Morgan fingerprint density at radius 3 is 2.36 bits per heavy atom. The van der Waals surface area contributed by atoms with Gasteiger partial charge in [0.2, 0.25) is 6.04 Å². The maximum atomic E-state index is 10.2. The van der Waals surface area contributed by atoms with E-state index in [-0.39, 0.29) is 10.8 Å². The lowest BCUT2D eigenvalue weighted by Gasteiger charge is -2.14. The highest BCUT2D eigenvalue weighted by Crippen LogP contribution is 2.14. The van der Waals surface area contributed by atoms with Crippen molar-refractivity contribution in [3.63, 3.8) is 0 Å². The van der Waals surface area contributed by atoms with Crippen molar-refractivity contribution in [1.82, 2.24) is 0 Å². The molecule has 0 aliphatic rings. The van der Waals surface area contributed by atoms with Gasteiger partial charge in [0.25, 0.3) is 0 Å². The van der Waals surface area contributed by atoms with Gasteiger partial charge < -0.3 is 5.41 Å². The van der Waals surface area contributed by atoms with Crippen LogP contribution in [-0.2, 0) is 0 Å². The van der Waals surface area contributed by atoms with Crippen LogP contribution in [0.2, 0.25) is 0 Å². The first kappa shape index (κ1) is 10.4. The lowest BCUT2D eigenvalue weighted by Crippen LogP contribution is -2.30. The van der Waals surface area contributed by atoms with Crippen LogP contribution in [0.4, 0.5) is 0 Å². The first-order valence-electron chi connectivity index (χ1n) is 3.28. The second-order valence-corrected chi connectivity index (χ2v) is 3.00. The Kier molecular flexibility index (Phi) is 4.03. The van der Waals surface area contributed by atoms with E-state index in [1.54, 1.807) is 6.92 Å². The summed E-state index contributed by atoms with van der Waals surface area (Å²) in [7, 11) is 0. The Morgan fingerprint density at radius 2 is 2.09 bits per heavy atom. The molecule has 0 aliphatic heterocycles. The molecule has 0 heterocycles. The molecule has 5 heteroatoms. The lowest BCUT2D eigenvalue weighted by atomic mass is 10.0. The average molecular weight is 179 g/mol. The van der Waals surface area contributed by atoms with Crippen LogP contribution in [0.1, 0.15) is 13.8 Å². The molecule has 0 amide bonds. The Labute approximate surface area is 70.2 Å². The second kappa shape index (κ2) is 4.28. The molecule has 11 heavy (non-hydrogen) atoms. The van der Waals surface area contributed by atoms with Crippen molar-refractivity contribution in [2.45, 2.75) is 25.3 Å². The molecular formula is C6H11ClN2O2. The van der Waals surface area contributed by atoms with E-state index in [0.29, 0.717) is 0 Å². The number of nitrogens with zero attached hydrogens (tertiary/aromatic N) is 1. The number of rotatable bonds is 4. The van der Waals surface area contributed by atoms with Crippen LogP contribution in [0.5, 0.6) is 0 Å². The molecule has 64 valence electrons. The van der Waals surface area contributed by atoms with Crippen LogP contribution >= 0.6 is 11.6 Å². The SMILES string of the molecule is CC(C(Cl)C=N)C(C)[N+](=O)[O-]. The quantitative estimate of drug-likeness (QED) is 0.307. The van der Waals surface area contributed by atoms with Crippen molar-refractivity contribution in [2.75, 3.05) is 0 Å². The van der Waals surface area contributed by atoms with Crippen LogP contribution < -0.4 is 0 Å². The van der Waals surface area contributed by atoms with Gasteiger partial charge in [-0.3, -0.25) is 10.1 Å². The maximum Gasteiger partial charge on any atom is 0.214 e. The maximum absolute atomic E-state index is 10.2. The topological polar surface area (TPSA) is 67.0 Å². The molecule has 0 aromatic heterocycles. The third kappa shape index (κ3) is 2.84. The Morgan fingerprint density at radius 1 is 1.64 bits per heavy atom. The predicted octanol–water partition coefficient (Wildman–Crippen LogP) is 1.54. The third-order valence-corrected chi connectivity index (χ3v) is 2.28. The van der Waals surface area contributed by atoms with E-state index < -0.39 is 11.4 Å². The van der Waals surface area contributed by atoms with Gasteiger partial charge in [-0.05, 0) is 0 Å². The summed E-state index contributed by atoms with van der Waals surface area (Å²) < 4.78 is 0. The van der Waals surface area contributed by atoms with Crippen LogP contribution in [0.3, 0.4) is 0 Å². The molecule has 0 saturated heterocycles. The zero-order valence-electron chi connectivity index (χ0n) is 6.45. The van der Waals surface area contributed by atoms with E-state index >= 15 is 0 Å². The van der Waals surface area contributed by atoms with Crippen molar-refractivity contribution >= 4 is 17.8 Å². The van der Waals surface area contributed by atoms with Gasteiger partial charge in [0.05, 0.1) is 5.38 Å². The molecule has 0 rings (SSSR count). The normalized spacial score (nSPS) is 18.5. The lowest BCUT2D eigenvalue weighted by molar-refractivity contribution is -0.526. The van der Waals surface area contributed by atoms with Crippen molar-refractivity contribution in [2.24, 2.45) is 5.92 Å². The van der Waals surface area contributed by atoms with Gasteiger partial charge in [-0.2, -0.15) is 0 Å². The molecule has 3 atom stereocenters. The average Bonchev–Trinajstić information content (AvgIpc) is 2.00. The molecule has 0 fully saturated rings. The van der Waals surface area contributed by atoms with E-state index in [1.165, 1.54) is 6.92 Å². The zero-order valence-corrected chi connectivity index (χ0v) is 7.21. The summed E-state index contributed by atoms with van der Waals surface area (Å²) in [6, 6.07) is -0.695. The molecule has 0 aromatic carbocycles. The molecule has 1 N–H and O–H groups in total. The number of hydrogen-bond acceptors (Lipinski definition) is 3. The number of halogens is 1. The zero-order chi connectivity index (χ0) is 9.02. The molecule has 4 nitrogen and oxygen atoms in total. The molecule has 0 aliphatic carbocycles. The first-order chi connectivity index (χ1) is 5.00. The van der Waals surface area contributed by atoms with Gasteiger partial charge in [0, 0.05) is 24.0 Å². The summed E-state index contributed by atoms with van der Waals surface area (Å²) in [6.45, 7) is 3.15. The van der Waals surface area contributed by atoms with Gasteiger partial charge >= 0.3 is 0 Å². The van der Waals surface area contributed by atoms with Crippen LogP contribution in [-0.4, -0.2) is 22.6 Å². The number of alkyl halides is 1. The number of nitro groups is 1. The highest BCUT2D eigenvalue weighted by atomic mass is 35.5. The summed E-state index contributed by atoms with van der Waals surface area (Å²) in [6.07, 6.45) is 1.02. The third-order valence-electron chi connectivity index (χ3n) is 1.75. The molecule has 3 unspecified atom stereocenters. The molecule has 0 saturated carbocycles. The summed E-state index contributed by atoms with van der Waals surface area (Å²) in [5, 5.41) is 16.5. The van der Waals surface area contributed by atoms with Crippen molar-refractivity contribution in [3.05, 3.63) is 10.1 Å². The molecule has 0 bridgehead atoms. The van der Waals surface area contributed by atoms with E-state index in [4.69, 9.17) is 17.0 Å².